The second kappa shape index (κ2) is 5.15. The number of nitrogens with zero attached hydrogens (tertiary/aromatic N) is 3. The summed E-state index contributed by atoms with van der Waals surface area (Å²) in [5, 5.41) is 0. The number of likely N-dealkylation sites (tertiary alicyclic amines) is 1. The van der Waals surface area contributed by atoms with Gasteiger partial charge in [0, 0.05) is 26.8 Å². The number of rotatable bonds is 2. The molecular weight excluding hydrogens is 286 g/mol. The fourth-order valence-corrected chi connectivity index (χ4v) is 3.23. The third-order valence-corrected chi connectivity index (χ3v) is 4.34. The third kappa shape index (κ3) is 2.36. The van der Waals surface area contributed by atoms with Crippen molar-refractivity contribution >= 4 is 17.8 Å². The number of amides is 2. The van der Waals surface area contributed by atoms with Crippen molar-refractivity contribution in [2.45, 2.75) is 18.4 Å². The Hall–Kier alpha value is -2.31. The van der Waals surface area contributed by atoms with Gasteiger partial charge in [0.2, 0.25) is 0 Å². The van der Waals surface area contributed by atoms with Crippen molar-refractivity contribution < 1.29 is 19.1 Å². The van der Waals surface area contributed by atoms with Crippen molar-refractivity contribution in [1.82, 2.24) is 14.4 Å². The normalized spacial score (nSPS) is 24.7. The molecule has 0 N–H and O–H groups in total. The number of carbonyl (C=O) groups is 3. The zero-order valence-electron chi connectivity index (χ0n) is 12.7. The van der Waals surface area contributed by atoms with Gasteiger partial charge in [-0.2, -0.15) is 0 Å². The molecule has 1 spiro atoms. The monoisotopic (exact) mass is 305 g/mol. The minimum atomic E-state index is -0.672. The van der Waals surface area contributed by atoms with Crippen molar-refractivity contribution in [1.29, 1.82) is 0 Å². The molecule has 1 aromatic rings. The van der Waals surface area contributed by atoms with E-state index in [4.69, 9.17) is 4.74 Å². The van der Waals surface area contributed by atoms with Crippen molar-refractivity contribution in [3.05, 3.63) is 24.0 Å². The number of hydrogen-bond donors (Lipinski definition) is 0. The molecule has 3 heterocycles. The summed E-state index contributed by atoms with van der Waals surface area (Å²) in [5.41, 5.74) is -0.307. The van der Waals surface area contributed by atoms with Crippen LogP contribution in [-0.2, 0) is 16.6 Å². The molecule has 118 valence electrons. The predicted octanol–water partition coefficient (Wildman–Crippen LogP) is 0.651. The molecule has 1 unspecified atom stereocenters. The van der Waals surface area contributed by atoms with Crippen LogP contribution in [-0.4, -0.2) is 64.4 Å². The molecule has 22 heavy (non-hydrogen) atoms. The lowest BCUT2D eigenvalue weighted by atomic mass is 9.92. The summed E-state index contributed by atoms with van der Waals surface area (Å²) in [4.78, 5) is 39.4. The van der Waals surface area contributed by atoms with E-state index >= 15 is 0 Å². The van der Waals surface area contributed by atoms with E-state index in [-0.39, 0.29) is 12.6 Å². The molecule has 2 fully saturated rings. The van der Waals surface area contributed by atoms with Crippen LogP contribution in [0.4, 0.5) is 4.79 Å². The molecule has 1 atom stereocenters. The van der Waals surface area contributed by atoms with Crippen molar-refractivity contribution in [2.24, 2.45) is 7.05 Å². The summed E-state index contributed by atoms with van der Waals surface area (Å²) in [7, 11) is 3.40. The fraction of sp³-hybridized carbons (Fsp3) is 0.533. The number of aromatic nitrogens is 1. The van der Waals surface area contributed by atoms with E-state index < -0.39 is 17.3 Å². The molecule has 0 saturated carbocycles. The number of hydrogen-bond acceptors (Lipinski definition) is 4. The summed E-state index contributed by atoms with van der Waals surface area (Å²) in [6.45, 7) is 1.24. The summed E-state index contributed by atoms with van der Waals surface area (Å²) in [6, 6.07) is 3.36. The lowest BCUT2D eigenvalue weighted by Crippen LogP contribution is -2.53. The standard InChI is InChI=1S/C15H19N3O4/c1-16-7-3-5-11(16)12(19)13(20)18-8-4-6-15(10-18)9-17(2)14(21)22-15/h3,5,7H,4,6,8-10H2,1-2H3. The lowest BCUT2D eigenvalue weighted by Gasteiger charge is -2.37. The highest BCUT2D eigenvalue weighted by Gasteiger charge is 2.48. The number of piperidine rings is 1. The van der Waals surface area contributed by atoms with Crippen LogP contribution < -0.4 is 0 Å². The number of Topliss-reactive ketones (excluding diaryl/α,β-unsaturated/α-hetero) is 1. The predicted molar refractivity (Wildman–Crippen MR) is 77.4 cm³/mol. The van der Waals surface area contributed by atoms with Crippen LogP contribution in [0.5, 0.6) is 0 Å². The van der Waals surface area contributed by atoms with Gasteiger partial charge in [-0.15, -0.1) is 0 Å². The Morgan fingerprint density at radius 2 is 2.05 bits per heavy atom. The smallest absolute Gasteiger partial charge is 0.410 e. The van der Waals surface area contributed by atoms with Crippen LogP contribution in [0.3, 0.4) is 0 Å². The first-order chi connectivity index (χ1) is 10.4. The Bertz CT molecular complexity index is 638. The maximum absolute atomic E-state index is 12.5. The molecule has 2 amide bonds. The zero-order valence-corrected chi connectivity index (χ0v) is 12.7. The van der Waals surface area contributed by atoms with Crippen LogP contribution >= 0.6 is 0 Å². The number of ether oxygens (including phenoxy) is 1. The van der Waals surface area contributed by atoms with Gasteiger partial charge in [-0.25, -0.2) is 4.79 Å². The maximum atomic E-state index is 12.5. The molecule has 2 aliphatic rings. The molecule has 7 heteroatoms. The summed E-state index contributed by atoms with van der Waals surface area (Å²) < 4.78 is 7.08. The number of ketones is 1. The van der Waals surface area contributed by atoms with E-state index in [0.717, 1.165) is 0 Å². The molecule has 0 radical (unpaired) electrons. The van der Waals surface area contributed by atoms with Crippen molar-refractivity contribution in [2.75, 3.05) is 26.7 Å². The topological polar surface area (TPSA) is 71.8 Å². The Morgan fingerprint density at radius 3 is 2.64 bits per heavy atom. The third-order valence-electron chi connectivity index (χ3n) is 4.34. The van der Waals surface area contributed by atoms with Crippen molar-refractivity contribution in [3.8, 4) is 0 Å². The maximum Gasteiger partial charge on any atom is 0.410 e. The highest BCUT2D eigenvalue weighted by Crippen LogP contribution is 2.31. The highest BCUT2D eigenvalue weighted by molar-refractivity contribution is 6.42. The summed E-state index contributed by atoms with van der Waals surface area (Å²) >= 11 is 0. The Labute approximate surface area is 128 Å². The second-order valence-corrected chi connectivity index (χ2v) is 6.07. The van der Waals surface area contributed by atoms with Gasteiger partial charge in [-0.05, 0) is 25.0 Å². The average molecular weight is 305 g/mol. The fourth-order valence-electron chi connectivity index (χ4n) is 3.23. The molecule has 0 aromatic carbocycles. The van der Waals surface area contributed by atoms with Gasteiger partial charge < -0.3 is 19.1 Å². The van der Waals surface area contributed by atoms with Crippen LogP contribution in [0, 0.1) is 0 Å². The van der Waals surface area contributed by atoms with Gasteiger partial charge in [-0.1, -0.05) is 0 Å². The van der Waals surface area contributed by atoms with Gasteiger partial charge >= 0.3 is 6.09 Å². The van der Waals surface area contributed by atoms with Crippen LogP contribution in [0.15, 0.2) is 18.3 Å². The van der Waals surface area contributed by atoms with E-state index in [1.807, 2.05) is 0 Å². The quantitative estimate of drug-likeness (QED) is 0.594. The summed E-state index contributed by atoms with van der Waals surface area (Å²) in [6.07, 6.45) is 2.78. The lowest BCUT2D eigenvalue weighted by molar-refractivity contribution is -0.132. The molecule has 2 saturated heterocycles. The minimum Gasteiger partial charge on any atom is -0.439 e. The first-order valence-electron chi connectivity index (χ1n) is 7.31. The molecule has 1 aromatic heterocycles. The van der Waals surface area contributed by atoms with E-state index in [0.29, 0.717) is 31.6 Å². The Kier molecular flexibility index (Phi) is 3.42. The largest absolute Gasteiger partial charge is 0.439 e. The Morgan fingerprint density at radius 1 is 1.27 bits per heavy atom. The molecule has 0 aliphatic carbocycles. The van der Waals surface area contributed by atoms with Gasteiger partial charge in [0.25, 0.3) is 11.7 Å². The van der Waals surface area contributed by atoms with Gasteiger partial charge in [0.15, 0.2) is 0 Å². The van der Waals surface area contributed by atoms with E-state index in [1.54, 1.807) is 37.0 Å². The van der Waals surface area contributed by atoms with E-state index in [9.17, 15) is 14.4 Å². The van der Waals surface area contributed by atoms with Crippen LogP contribution in [0.25, 0.3) is 0 Å². The van der Waals surface area contributed by atoms with E-state index in [2.05, 4.69) is 0 Å². The minimum absolute atomic E-state index is 0.276. The van der Waals surface area contributed by atoms with Crippen LogP contribution in [0.1, 0.15) is 23.3 Å². The van der Waals surface area contributed by atoms with Crippen molar-refractivity contribution in [3.63, 3.8) is 0 Å². The Balaban J connectivity index is 1.75. The van der Waals surface area contributed by atoms with E-state index in [1.165, 1.54) is 9.80 Å². The molecule has 7 nitrogen and oxygen atoms in total. The molecule has 3 rings (SSSR count). The zero-order chi connectivity index (χ0) is 15.9. The molecular formula is C15H19N3O4. The molecule has 2 aliphatic heterocycles. The van der Waals surface area contributed by atoms with Crippen LogP contribution in [0.2, 0.25) is 0 Å². The second-order valence-electron chi connectivity index (χ2n) is 6.07. The van der Waals surface area contributed by atoms with Gasteiger partial charge in [0.1, 0.15) is 5.60 Å². The highest BCUT2D eigenvalue weighted by atomic mass is 16.6. The molecule has 0 bridgehead atoms. The first kappa shape index (κ1) is 14.6. The number of aryl methyl sites for hydroxylation is 1. The number of likely N-dealkylation sites (N-methyl/N-ethyl adjacent to an activating group) is 1. The SMILES string of the molecule is CN1CC2(CCCN(C(=O)C(=O)c3cccn3C)C2)OC1=O. The van der Waals surface area contributed by atoms with Gasteiger partial charge in [0.05, 0.1) is 18.8 Å². The first-order valence-corrected chi connectivity index (χ1v) is 7.31. The number of carbonyl (C=O) groups excluding carboxylic acids is 3. The van der Waals surface area contributed by atoms with Gasteiger partial charge in [-0.3, -0.25) is 9.59 Å². The summed E-state index contributed by atoms with van der Waals surface area (Å²) in [5.74, 6) is -1.06. The average Bonchev–Trinajstić information content (AvgIpc) is 3.02.